The van der Waals surface area contributed by atoms with Crippen LogP contribution >= 0.6 is 0 Å². The number of halogens is 1. The number of ether oxygens (including phenoxy) is 1. The van der Waals surface area contributed by atoms with Crippen molar-refractivity contribution in [2.75, 3.05) is 6.54 Å². The van der Waals surface area contributed by atoms with E-state index in [0.29, 0.717) is 18.2 Å². The SMILES string of the molecule is CCNC(=NCc1cccnc1Oc1cccc(F)c1)NC(C)C. The van der Waals surface area contributed by atoms with E-state index in [1.807, 2.05) is 19.1 Å². The lowest BCUT2D eigenvalue weighted by Crippen LogP contribution is -2.41. The van der Waals surface area contributed by atoms with E-state index in [2.05, 4.69) is 34.5 Å². The molecule has 128 valence electrons. The third-order valence-corrected chi connectivity index (χ3v) is 3.04. The normalized spacial score (nSPS) is 11.5. The van der Waals surface area contributed by atoms with Gasteiger partial charge >= 0.3 is 0 Å². The van der Waals surface area contributed by atoms with Gasteiger partial charge in [0.2, 0.25) is 5.88 Å². The number of pyridine rings is 1. The molecule has 1 heterocycles. The van der Waals surface area contributed by atoms with E-state index < -0.39 is 0 Å². The summed E-state index contributed by atoms with van der Waals surface area (Å²) in [6.07, 6.45) is 1.64. The second kappa shape index (κ2) is 8.86. The summed E-state index contributed by atoms with van der Waals surface area (Å²) in [6, 6.07) is 9.98. The Balaban J connectivity index is 2.15. The van der Waals surface area contributed by atoms with E-state index in [1.54, 1.807) is 18.3 Å². The maximum Gasteiger partial charge on any atom is 0.224 e. The van der Waals surface area contributed by atoms with Crippen molar-refractivity contribution >= 4 is 5.96 Å². The largest absolute Gasteiger partial charge is 0.439 e. The van der Waals surface area contributed by atoms with Gasteiger partial charge in [-0.25, -0.2) is 14.4 Å². The van der Waals surface area contributed by atoms with E-state index in [4.69, 9.17) is 4.74 Å². The first-order chi connectivity index (χ1) is 11.6. The van der Waals surface area contributed by atoms with Crippen LogP contribution in [0.25, 0.3) is 0 Å². The van der Waals surface area contributed by atoms with Gasteiger partial charge in [-0.05, 0) is 39.0 Å². The monoisotopic (exact) mass is 330 g/mol. The molecule has 0 saturated carbocycles. The molecule has 0 spiro atoms. The van der Waals surface area contributed by atoms with Gasteiger partial charge in [0.15, 0.2) is 5.96 Å². The first-order valence-electron chi connectivity index (χ1n) is 8.00. The summed E-state index contributed by atoms with van der Waals surface area (Å²) in [5.41, 5.74) is 0.822. The molecule has 2 N–H and O–H groups in total. The van der Waals surface area contributed by atoms with Crippen LogP contribution in [0.4, 0.5) is 4.39 Å². The number of hydrogen-bond donors (Lipinski definition) is 2. The Morgan fingerprint density at radius 3 is 2.83 bits per heavy atom. The molecule has 1 aromatic carbocycles. The number of rotatable bonds is 6. The van der Waals surface area contributed by atoms with E-state index in [-0.39, 0.29) is 11.9 Å². The average Bonchev–Trinajstić information content (AvgIpc) is 2.53. The quantitative estimate of drug-likeness (QED) is 0.629. The standard InChI is InChI=1S/C18H23FN4O/c1-4-20-18(23-13(2)3)22-12-14-7-6-10-21-17(14)24-16-9-5-8-15(19)11-16/h5-11,13H,4,12H2,1-3H3,(H2,20,22,23). The second-order valence-electron chi connectivity index (χ2n) is 5.52. The highest BCUT2D eigenvalue weighted by molar-refractivity contribution is 5.80. The zero-order chi connectivity index (χ0) is 17.4. The molecule has 2 rings (SSSR count). The van der Waals surface area contributed by atoms with Crippen LogP contribution in [0, 0.1) is 5.82 Å². The summed E-state index contributed by atoms with van der Waals surface area (Å²) in [5, 5.41) is 6.44. The third kappa shape index (κ3) is 5.53. The third-order valence-electron chi connectivity index (χ3n) is 3.04. The predicted octanol–water partition coefficient (Wildman–Crippen LogP) is 3.48. The van der Waals surface area contributed by atoms with Crippen LogP contribution in [-0.4, -0.2) is 23.5 Å². The Bertz CT molecular complexity index is 688. The Morgan fingerprint density at radius 1 is 1.29 bits per heavy atom. The maximum absolute atomic E-state index is 13.3. The Hall–Kier alpha value is -2.63. The number of aromatic nitrogens is 1. The Labute approximate surface area is 142 Å². The van der Waals surface area contributed by atoms with Crippen molar-refractivity contribution in [3.8, 4) is 11.6 Å². The van der Waals surface area contributed by atoms with Gasteiger partial charge in [0.25, 0.3) is 0 Å². The smallest absolute Gasteiger partial charge is 0.224 e. The number of guanidine groups is 1. The Kier molecular flexibility index (Phi) is 6.54. The molecular weight excluding hydrogens is 307 g/mol. The molecule has 0 amide bonds. The molecule has 0 radical (unpaired) electrons. The van der Waals surface area contributed by atoms with Crippen LogP contribution in [0.15, 0.2) is 47.6 Å². The molecule has 24 heavy (non-hydrogen) atoms. The van der Waals surface area contributed by atoms with Crippen LogP contribution in [0.3, 0.4) is 0 Å². The minimum atomic E-state index is -0.349. The summed E-state index contributed by atoms with van der Waals surface area (Å²) in [6.45, 7) is 7.30. The van der Waals surface area contributed by atoms with Crippen LogP contribution in [0.5, 0.6) is 11.6 Å². The summed E-state index contributed by atoms with van der Waals surface area (Å²) >= 11 is 0. The number of aliphatic imine (C=N–C) groups is 1. The van der Waals surface area contributed by atoms with Gasteiger partial charge in [-0.3, -0.25) is 0 Å². The lowest BCUT2D eigenvalue weighted by Gasteiger charge is -2.14. The van der Waals surface area contributed by atoms with E-state index in [0.717, 1.165) is 18.1 Å². The molecule has 0 aliphatic carbocycles. The molecule has 0 aliphatic heterocycles. The van der Waals surface area contributed by atoms with Gasteiger partial charge in [-0.1, -0.05) is 12.1 Å². The lowest BCUT2D eigenvalue weighted by atomic mass is 10.2. The number of hydrogen-bond acceptors (Lipinski definition) is 3. The van der Waals surface area contributed by atoms with Crippen molar-refractivity contribution in [1.29, 1.82) is 0 Å². The molecule has 1 aromatic heterocycles. The zero-order valence-electron chi connectivity index (χ0n) is 14.2. The molecule has 0 saturated heterocycles. The minimum Gasteiger partial charge on any atom is -0.439 e. The van der Waals surface area contributed by atoms with Gasteiger partial charge in [0.05, 0.1) is 6.54 Å². The summed E-state index contributed by atoms with van der Waals surface area (Å²) in [4.78, 5) is 8.78. The van der Waals surface area contributed by atoms with Crippen molar-refractivity contribution in [3.05, 3.63) is 54.0 Å². The fourth-order valence-electron chi connectivity index (χ4n) is 2.04. The second-order valence-corrected chi connectivity index (χ2v) is 5.52. The molecule has 5 nitrogen and oxygen atoms in total. The summed E-state index contributed by atoms with van der Waals surface area (Å²) in [7, 11) is 0. The predicted molar refractivity (Wildman–Crippen MR) is 93.8 cm³/mol. The van der Waals surface area contributed by atoms with Gasteiger partial charge in [0.1, 0.15) is 11.6 Å². The minimum absolute atomic E-state index is 0.278. The van der Waals surface area contributed by atoms with Gasteiger partial charge in [0, 0.05) is 30.4 Å². The highest BCUT2D eigenvalue weighted by Crippen LogP contribution is 2.23. The zero-order valence-corrected chi connectivity index (χ0v) is 14.2. The van der Waals surface area contributed by atoms with E-state index in [1.165, 1.54) is 12.1 Å². The highest BCUT2D eigenvalue weighted by Gasteiger charge is 2.07. The van der Waals surface area contributed by atoms with Gasteiger partial charge in [-0.15, -0.1) is 0 Å². The topological polar surface area (TPSA) is 58.5 Å². The van der Waals surface area contributed by atoms with Crippen molar-refractivity contribution in [2.45, 2.75) is 33.4 Å². The van der Waals surface area contributed by atoms with Crippen molar-refractivity contribution in [2.24, 2.45) is 4.99 Å². The van der Waals surface area contributed by atoms with Gasteiger partial charge in [-0.2, -0.15) is 0 Å². The fourth-order valence-corrected chi connectivity index (χ4v) is 2.04. The van der Waals surface area contributed by atoms with Crippen LogP contribution in [-0.2, 0) is 6.54 Å². The lowest BCUT2D eigenvalue weighted by molar-refractivity contribution is 0.452. The molecular formula is C18H23FN4O. The molecule has 2 aromatic rings. The van der Waals surface area contributed by atoms with Crippen molar-refractivity contribution in [3.63, 3.8) is 0 Å². The molecule has 0 aliphatic rings. The number of benzene rings is 1. The van der Waals surface area contributed by atoms with Crippen LogP contribution in [0.1, 0.15) is 26.3 Å². The molecule has 6 heteroatoms. The van der Waals surface area contributed by atoms with Crippen LogP contribution < -0.4 is 15.4 Å². The Morgan fingerprint density at radius 2 is 2.12 bits per heavy atom. The molecule has 0 fully saturated rings. The van der Waals surface area contributed by atoms with Crippen LogP contribution in [0.2, 0.25) is 0 Å². The summed E-state index contributed by atoms with van der Waals surface area (Å²) in [5.74, 6) is 1.21. The summed E-state index contributed by atoms with van der Waals surface area (Å²) < 4.78 is 19.0. The first-order valence-corrected chi connectivity index (χ1v) is 8.00. The van der Waals surface area contributed by atoms with E-state index in [9.17, 15) is 4.39 Å². The fraction of sp³-hybridized carbons (Fsp3) is 0.333. The number of nitrogens with one attached hydrogen (secondary N) is 2. The number of nitrogens with zero attached hydrogens (tertiary/aromatic N) is 2. The molecule has 0 bridgehead atoms. The van der Waals surface area contributed by atoms with Crippen molar-refractivity contribution in [1.82, 2.24) is 15.6 Å². The van der Waals surface area contributed by atoms with E-state index >= 15 is 0 Å². The molecule has 0 atom stereocenters. The average molecular weight is 330 g/mol. The highest BCUT2D eigenvalue weighted by atomic mass is 19.1. The first kappa shape index (κ1) is 17.7. The van der Waals surface area contributed by atoms with Gasteiger partial charge < -0.3 is 15.4 Å². The maximum atomic E-state index is 13.3. The molecule has 0 unspecified atom stereocenters. The van der Waals surface area contributed by atoms with Crippen molar-refractivity contribution < 1.29 is 9.13 Å².